The summed E-state index contributed by atoms with van der Waals surface area (Å²) < 4.78 is 0. The van der Waals surface area contributed by atoms with E-state index in [1.54, 1.807) is 0 Å². The zero-order valence-electron chi connectivity index (χ0n) is 8.74. The monoisotopic (exact) mass is 190 g/mol. The number of nitrogens with one attached hydrogen (secondary N) is 1. The van der Waals surface area contributed by atoms with Gasteiger partial charge in [-0.1, -0.05) is 6.42 Å². The first-order valence-corrected chi connectivity index (χ1v) is 5.48. The van der Waals surface area contributed by atoms with Gasteiger partial charge in [0.2, 0.25) is 0 Å². The van der Waals surface area contributed by atoms with Gasteiger partial charge in [0.25, 0.3) is 0 Å². The molecule has 1 heterocycles. The summed E-state index contributed by atoms with van der Waals surface area (Å²) >= 11 is 0. The molecule has 1 N–H and O–H groups in total. The fourth-order valence-corrected chi connectivity index (χ4v) is 1.89. The first kappa shape index (κ1) is 9.66. The van der Waals surface area contributed by atoms with Crippen molar-refractivity contribution in [3.63, 3.8) is 0 Å². The van der Waals surface area contributed by atoms with Gasteiger partial charge in [-0.05, 0) is 43.4 Å². The van der Waals surface area contributed by atoms with Gasteiger partial charge in [-0.25, -0.2) is 0 Å². The first-order chi connectivity index (χ1) is 6.86. The summed E-state index contributed by atoms with van der Waals surface area (Å²) in [6, 6.07) is 4.80. The van der Waals surface area contributed by atoms with Gasteiger partial charge in [-0.3, -0.25) is 4.98 Å². The third-order valence-electron chi connectivity index (χ3n) is 3.23. The highest BCUT2D eigenvalue weighted by atomic mass is 14.9. The van der Waals surface area contributed by atoms with Crippen molar-refractivity contribution in [1.82, 2.24) is 10.3 Å². The van der Waals surface area contributed by atoms with Crippen LogP contribution in [0, 0.1) is 5.92 Å². The molecule has 1 aromatic rings. The predicted molar refractivity (Wildman–Crippen MR) is 57.9 cm³/mol. The lowest BCUT2D eigenvalue weighted by molar-refractivity contribution is 0.240. The molecule has 0 amide bonds. The van der Waals surface area contributed by atoms with Crippen molar-refractivity contribution in [1.29, 1.82) is 0 Å². The van der Waals surface area contributed by atoms with Crippen LogP contribution in [0.2, 0.25) is 0 Å². The Morgan fingerprint density at radius 2 is 2.14 bits per heavy atom. The standard InChI is InChI=1S/C12H18N2/c1-10(12-3-2-4-12)14-9-11-5-7-13-8-6-11/h5-8,10,12,14H,2-4,9H2,1H3. The third kappa shape index (κ3) is 2.32. The van der Waals surface area contributed by atoms with Crippen LogP contribution in [0.15, 0.2) is 24.5 Å². The topological polar surface area (TPSA) is 24.9 Å². The Labute approximate surface area is 85.7 Å². The second-order valence-corrected chi connectivity index (χ2v) is 4.22. The van der Waals surface area contributed by atoms with Crippen molar-refractivity contribution in [2.75, 3.05) is 0 Å². The molecule has 1 aliphatic rings. The molecule has 0 saturated heterocycles. The van der Waals surface area contributed by atoms with Gasteiger partial charge in [0.1, 0.15) is 0 Å². The van der Waals surface area contributed by atoms with Crippen LogP contribution in [-0.4, -0.2) is 11.0 Å². The van der Waals surface area contributed by atoms with Gasteiger partial charge in [0, 0.05) is 25.0 Å². The molecule has 2 heteroatoms. The van der Waals surface area contributed by atoms with Crippen molar-refractivity contribution in [2.24, 2.45) is 5.92 Å². The highest BCUT2D eigenvalue weighted by molar-refractivity contribution is 5.09. The average Bonchev–Trinajstić information content (AvgIpc) is 2.14. The van der Waals surface area contributed by atoms with Crippen LogP contribution in [0.5, 0.6) is 0 Å². The Balaban J connectivity index is 1.76. The molecule has 1 aliphatic carbocycles. The molecule has 0 aromatic carbocycles. The summed E-state index contributed by atoms with van der Waals surface area (Å²) in [5.41, 5.74) is 1.33. The lowest BCUT2D eigenvalue weighted by Gasteiger charge is -2.32. The van der Waals surface area contributed by atoms with Crippen molar-refractivity contribution >= 4 is 0 Å². The molecule has 1 aromatic heterocycles. The predicted octanol–water partition coefficient (Wildman–Crippen LogP) is 2.36. The number of aromatic nitrogens is 1. The van der Waals surface area contributed by atoms with E-state index < -0.39 is 0 Å². The van der Waals surface area contributed by atoms with Crippen molar-refractivity contribution in [3.8, 4) is 0 Å². The highest BCUT2D eigenvalue weighted by Gasteiger charge is 2.22. The Bertz CT molecular complexity index is 267. The second kappa shape index (κ2) is 4.56. The van der Waals surface area contributed by atoms with E-state index in [-0.39, 0.29) is 0 Å². The van der Waals surface area contributed by atoms with Crippen molar-refractivity contribution < 1.29 is 0 Å². The second-order valence-electron chi connectivity index (χ2n) is 4.22. The minimum absolute atomic E-state index is 0.664. The Morgan fingerprint density at radius 3 is 2.71 bits per heavy atom. The molecule has 1 unspecified atom stereocenters. The van der Waals surface area contributed by atoms with E-state index >= 15 is 0 Å². The maximum absolute atomic E-state index is 4.01. The van der Waals surface area contributed by atoms with Crippen molar-refractivity contribution in [2.45, 2.75) is 38.8 Å². The molecule has 14 heavy (non-hydrogen) atoms. The van der Waals surface area contributed by atoms with E-state index in [4.69, 9.17) is 0 Å². The molecular weight excluding hydrogens is 172 g/mol. The molecule has 2 rings (SSSR count). The molecular formula is C12H18N2. The van der Waals surface area contributed by atoms with Gasteiger partial charge < -0.3 is 5.32 Å². The maximum Gasteiger partial charge on any atom is 0.0271 e. The van der Waals surface area contributed by atoms with E-state index in [1.807, 2.05) is 12.4 Å². The molecule has 0 aliphatic heterocycles. The summed E-state index contributed by atoms with van der Waals surface area (Å²) in [5.74, 6) is 0.914. The average molecular weight is 190 g/mol. The summed E-state index contributed by atoms with van der Waals surface area (Å²) in [6.45, 7) is 3.27. The molecule has 1 atom stereocenters. The third-order valence-corrected chi connectivity index (χ3v) is 3.23. The molecule has 1 saturated carbocycles. The van der Waals surface area contributed by atoms with E-state index in [9.17, 15) is 0 Å². The number of hydrogen-bond acceptors (Lipinski definition) is 2. The van der Waals surface area contributed by atoms with Crippen molar-refractivity contribution in [3.05, 3.63) is 30.1 Å². The lowest BCUT2D eigenvalue weighted by Crippen LogP contribution is -2.36. The van der Waals surface area contributed by atoms with Crippen LogP contribution in [0.25, 0.3) is 0 Å². The summed E-state index contributed by atoms with van der Waals surface area (Å²) in [7, 11) is 0. The molecule has 0 bridgehead atoms. The van der Waals surface area contributed by atoms with Gasteiger partial charge in [-0.2, -0.15) is 0 Å². The van der Waals surface area contributed by atoms with E-state index in [1.165, 1.54) is 24.8 Å². The number of nitrogens with zero attached hydrogens (tertiary/aromatic N) is 1. The Kier molecular flexibility index (Phi) is 3.14. The molecule has 0 radical (unpaired) electrons. The summed E-state index contributed by atoms with van der Waals surface area (Å²) in [4.78, 5) is 4.01. The quantitative estimate of drug-likeness (QED) is 0.788. The van der Waals surface area contributed by atoms with E-state index in [2.05, 4.69) is 29.4 Å². The molecule has 1 fully saturated rings. The fraction of sp³-hybridized carbons (Fsp3) is 0.583. The first-order valence-electron chi connectivity index (χ1n) is 5.48. The van der Waals surface area contributed by atoms with Gasteiger partial charge >= 0.3 is 0 Å². The summed E-state index contributed by atoms with van der Waals surface area (Å²) in [6.07, 6.45) is 7.94. The van der Waals surface area contributed by atoms with E-state index in [0.29, 0.717) is 6.04 Å². The van der Waals surface area contributed by atoms with Gasteiger partial charge in [-0.15, -0.1) is 0 Å². The van der Waals surface area contributed by atoms with E-state index in [0.717, 1.165) is 12.5 Å². The van der Waals surface area contributed by atoms with Gasteiger partial charge in [0.05, 0.1) is 0 Å². The number of hydrogen-bond donors (Lipinski definition) is 1. The number of pyridine rings is 1. The minimum atomic E-state index is 0.664. The van der Waals surface area contributed by atoms with Crippen LogP contribution in [0.3, 0.4) is 0 Å². The maximum atomic E-state index is 4.01. The largest absolute Gasteiger partial charge is 0.310 e. The normalized spacial score (nSPS) is 18.9. The zero-order valence-corrected chi connectivity index (χ0v) is 8.74. The molecule has 2 nitrogen and oxygen atoms in total. The number of rotatable bonds is 4. The highest BCUT2D eigenvalue weighted by Crippen LogP contribution is 2.29. The van der Waals surface area contributed by atoms with Crippen LogP contribution in [-0.2, 0) is 6.54 Å². The molecule has 0 spiro atoms. The summed E-state index contributed by atoms with van der Waals surface area (Å²) in [5, 5.41) is 3.57. The smallest absolute Gasteiger partial charge is 0.0271 e. The SMILES string of the molecule is CC(NCc1ccncc1)C1CCC1. The Hall–Kier alpha value is -0.890. The van der Waals surface area contributed by atoms with Crippen LogP contribution in [0.1, 0.15) is 31.7 Å². The van der Waals surface area contributed by atoms with Crippen LogP contribution >= 0.6 is 0 Å². The Morgan fingerprint density at radius 1 is 1.43 bits per heavy atom. The van der Waals surface area contributed by atoms with Crippen LogP contribution in [0.4, 0.5) is 0 Å². The zero-order chi connectivity index (χ0) is 9.80. The van der Waals surface area contributed by atoms with Gasteiger partial charge in [0.15, 0.2) is 0 Å². The van der Waals surface area contributed by atoms with Crippen LogP contribution < -0.4 is 5.32 Å². The fourth-order valence-electron chi connectivity index (χ4n) is 1.89. The molecule has 76 valence electrons. The minimum Gasteiger partial charge on any atom is -0.310 e. The lowest BCUT2D eigenvalue weighted by atomic mass is 9.80.